The van der Waals surface area contributed by atoms with Gasteiger partial charge >= 0.3 is 0 Å². The molecule has 1 amide bonds. The summed E-state index contributed by atoms with van der Waals surface area (Å²) >= 11 is 6.71. The fourth-order valence-electron chi connectivity index (χ4n) is 4.01. The van der Waals surface area contributed by atoms with Crippen molar-refractivity contribution in [2.24, 2.45) is 0 Å². The van der Waals surface area contributed by atoms with Gasteiger partial charge in [0.15, 0.2) is 10.1 Å². The fraction of sp³-hybridized carbons (Fsp3) is 0.192. The number of halogens is 1. The van der Waals surface area contributed by atoms with Gasteiger partial charge in [0.1, 0.15) is 0 Å². The second-order valence-corrected chi connectivity index (χ2v) is 11.0. The van der Waals surface area contributed by atoms with Crippen LogP contribution in [0.5, 0.6) is 0 Å². The maximum atomic E-state index is 12.6. The number of carbonyl (C=O) groups is 2. The minimum absolute atomic E-state index is 0.105. The predicted octanol–water partition coefficient (Wildman–Crippen LogP) is 7.73. The maximum absolute atomic E-state index is 12.6. The summed E-state index contributed by atoms with van der Waals surface area (Å²) in [4.78, 5) is 29.5. The molecule has 0 aliphatic carbocycles. The molecule has 33 heavy (non-hydrogen) atoms. The van der Waals surface area contributed by atoms with Gasteiger partial charge < -0.3 is 5.32 Å². The van der Waals surface area contributed by atoms with E-state index in [4.69, 9.17) is 4.98 Å². The number of nitrogens with one attached hydrogen (secondary N) is 1. The van der Waals surface area contributed by atoms with Gasteiger partial charge in [-0.3, -0.25) is 9.59 Å². The predicted molar refractivity (Wildman–Crippen MR) is 142 cm³/mol. The van der Waals surface area contributed by atoms with Crippen LogP contribution in [0.25, 0.3) is 10.2 Å². The standard InChI is InChI=1S/C26H23BrN2O2S2/c1-14-11-15(2)24(17(4)30)16(3)20(14)13-32-26-29-22-10-9-18(12-23(22)33-26)28-25(31)19-7-5-6-8-21(19)27/h5-12H,13H2,1-4H3,(H,28,31). The number of ketones is 1. The Morgan fingerprint density at radius 3 is 2.55 bits per heavy atom. The van der Waals surface area contributed by atoms with Crippen LogP contribution in [0.1, 0.15) is 49.9 Å². The molecule has 0 radical (unpaired) electrons. The van der Waals surface area contributed by atoms with Crippen molar-refractivity contribution in [3.8, 4) is 0 Å². The van der Waals surface area contributed by atoms with Crippen molar-refractivity contribution < 1.29 is 9.59 Å². The largest absolute Gasteiger partial charge is 0.322 e. The van der Waals surface area contributed by atoms with Crippen LogP contribution in [0.4, 0.5) is 5.69 Å². The third-order valence-corrected chi connectivity index (χ3v) is 8.45. The first-order chi connectivity index (χ1) is 15.7. The van der Waals surface area contributed by atoms with E-state index in [1.54, 1.807) is 36.1 Å². The molecule has 3 aromatic carbocycles. The summed E-state index contributed by atoms with van der Waals surface area (Å²) in [5.74, 6) is 0.699. The molecule has 4 aromatic rings. The minimum atomic E-state index is -0.160. The van der Waals surface area contributed by atoms with E-state index in [1.165, 1.54) is 11.1 Å². The molecule has 7 heteroatoms. The first kappa shape index (κ1) is 23.7. The summed E-state index contributed by atoms with van der Waals surface area (Å²) in [5.41, 5.74) is 7.53. The Hall–Kier alpha value is -2.48. The molecule has 0 unspecified atom stereocenters. The molecule has 4 rings (SSSR count). The molecule has 0 saturated heterocycles. The number of aryl methyl sites for hydroxylation is 2. The topological polar surface area (TPSA) is 59.1 Å². The Morgan fingerprint density at radius 1 is 1.06 bits per heavy atom. The van der Waals surface area contributed by atoms with Crippen molar-refractivity contribution in [2.45, 2.75) is 37.8 Å². The molecule has 4 nitrogen and oxygen atoms in total. The number of hydrogen-bond acceptors (Lipinski definition) is 5. The van der Waals surface area contributed by atoms with E-state index < -0.39 is 0 Å². The van der Waals surface area contributed by atoms with Crippen LogP contribution in [-0.4, -0.2) is 16.7 Å². The van der Waals surface area contributed by atoms with E-state index in [0.717, 1.165) is 47.2 Å². The first-order valence-corrected chi connectivity index (χ1v) is 13.0. The lowest BCUT2D eigenvalue weighted by molar-refractivity contribution is 0.101. The number of fused-ring (bicyclic) bond motifs is 1. The number of Topliss-reactive ketones (excluding diaryl/α,β-unsaturated/α-hetero) is 1. The summed E-state index contributed by atoms with van der Waals surface area (Å²) in [6.45, 7) is 7.75. The lowest BCUT2D eigenvalue weighted by Crippen LogP contribution is -2.12. The lowest BCUT2D eigenvalue weighted by atomic mass is 9.92. The van der Waals surface area contributed by atoms with Gasteiger partial charge in [0.25, 0.3) is 5.91 Å². The van der Waals surface area contributed by atoms with Crippen LogP contribution < -0.4 is 5.32 Å². The number of aromatic nitrogens is 1. The van der Waals surface area contributed by atoms with Gasteiger partial charge in [0.05, 0.1) is 15.8 Å². The zero-order valence-electron chi connectivity index (χ0n) is 18.8. The summed E-state index contributed by atoms with van der Waals surface area (Å²) in [5, 5.41) is 2.97. The highest BCUT2D eigenvalue weighted by Gasteiger charge is 2.16. The molecule has 0 saturated carbocycles. The fourth-order valence-corrected chi connectivity index (χ4v) is 6.77. The smallest absolute Gasteiger partial charge is 0.256 e. The zero-order chi connectivity index (χ0) is 23.7. The van der Waals surface area contributed by atoms with Gasteiger partial charge in [-0.25, -0.2) is 4.98 Å². The Balaban J connectivity index is 1.53. The van der Waals surface area contributed by atoms with E-state index in [2.05, 4.69) is 34.2 Å². The Labute approximate surface area is 210 Å². The summed E-state index contributed by atoms with van der Waals surface area (Å²) in [6.07, 6.45) is 0. The highest BCUT2D eigenvalue weighted by Crippen LogP contribution is 2.35. The first-order valence-electron chi connectivity index (χ1n) is 10.4. The Bertz CT molecular complexity index is 1390. The maximum Gasteiger partial charge on any atom is 0.256 e. The van der Waals surface area contributed by atoms with Crippen molar-refractivity contribution >= 4 is 66.6 Å². The van der Waals surface area contributed by atoms with Gasteiger partial charge in [0, 0.05) is 21.5 Å². The number of amides is 1. The van der Waals surface area contributed by atoms with Gasteiger partial charge in [-0.1, -0.05) is 30.0 Å². The average molecular weight is 540 g/mol. The van der Waals surface area contributed by atoms with E-state index in [9.17, 15) is 9.59 Å². The Kier molecular flexibility index (Phi) is 7.02. The highest BCUT2D eigenvalue weighted by molar-refractivity contribution is 9.10. The van der Waals surface area contributed by atoms with Crippen LogP contribution in [-0.2, 0) is 5.75 Å². The molecule has 0 fully saturated rings. The van der Waals surface area contributed by atoms with E-state index >= 15 is 0 Å². The van der Waals surface area contributed by atoms with Crippen molar-refractivity contribution in [1.29, 1.82) is 0 Å². The number of thiazole rings is 1. The van der Waals surface area contributed by atoms with Gasteiger partial charge in [-0.2, -0.15) is 0 Å². The molecule has 0 atom stereocenters. The molecule has 1 N–H and O–H groups in total. The Morgan fingerprint density at radius 2 is 1.82 bits per heavy atom. The molecule has 0 aliphatic heterocycles. The third kappa shape index (κ3) is 5.05. The molecular weight excluding hydrogens is 516 g/mol. The van der Waals surface area contributed by atoms with Gasteiger partial charge in [-0.05, 0) is 96.2 Å². The minimum Gasteiger partial charge on any atom is -0.322 e. The summed E-state index contributed by atoms with van der Waals surface area (Å²) in [6, 6.07) is 15.2. The number of hydrogen-bond donors (Lipinski definition) is 1. The van der Waals surface area contributed by atoms with Gasteiger partial charge in [-0.15, -0.1) is 11.3 Å². The van der Waals surface area contributed by atoms with Crippen molar-refractivity contribution in [2.75, 3.05) is 5.32 Å². The quantitative estimate of drug-likeness (QED) is 0.201. The molecule has 1 aromatic heterocycles. The number of rotatable bonds is 6. The second-order valence-electron chi connectivity index (χ2n) is 7.93. The second kappa shape index (κ2) is 9.79. The zero-order valence-corrected chi connectivity index (χ0v) is 22.0. The van der Waals surface area contributed by atoms with Crippen LogP contribution in [0.3, 0.4) is 0 Å². The van der Waals surface area contributed by atoms with Crippen LogP contribution in [0.2, 0.25) is 0 Å². The van der Waals surface area contributed by atoms with Crippen LogP contribution in [0.15, 0.2) is 57.3 Å². The van der Waals surface area contributed by atoms with Crippen LogP contribution in [0, 0.1) is 20.8 Å². The van der Waals surface area contributed by atoms with Crippen molar-refractivity contribution in [3.05, 3.63) is 86.4 Å². The number of carbonyl (C=O) groups excluding carboxylic acids is 2. The highest BCUT2D eigenvalue weighted by atomic mass is 79.9. The van der Waals surface area contributed by atoms with Crippen molar-refractivity contribution in [1.82, 2.24) is 4.98 Å². The molecule has 1 heterocycles. The number of thioether (sulfide) groups is 1. The SMILES string of the molecule is CC(=O)c1c(C)cc(C)c(CSc2nc3ccc(NC(=O)c4ccccc4Br)cc3s2)c1C. The number of nitrogens with zero attached hydrogens (tertiary/aromatic N) is 1. The number of benzene rings is 3. The normalized spacial score (nSPS) is 11.1. The number of anilines is 1. The molecule has 168 valence electrons. The lowest BCUT2D eigenvalue weighted by Gasteiger charge is -2.15. The molecular formula is C26H23BrN2O2S2. The molecule has 0 spiro atoms. The monoisotopic (exact) mass is 538 g/mol. The van der Waals surface area contributed by atoms with E-state index in [-0.39, 0.29) is 11.7 Å². The van der Waals surface area contributed by atoms with Crippen LogP contribution >= 0.6 is 39.0 Å². The average Bonchev–Trinajstić information content (AvgIpc) is 3.15. The third-order valence-electron chi connectivity index (χ3n) is 5.57. The summed E-state index contributed by atoms with van der Waals surface area (Å²) in [7, 11) is 0. The molecule has 0 bridgehead atoms. The summed E-state index contributed by atoms with van der Waals surface area (Å²) < 4.78 is 2.74. The van der Waals surface area contributed by atoms with E-state index in [1.807, 2.05) is 50.2 Å². The molecule has 0 aliphatic rings. The van der Waals surface area contributed by atoms with E-state index in [0.29, 0.717) is 5.56 Å². The van der Waals surface area contributed by atoms with Crippen molar-refractivity contribution in [3.63, 3.8) is 0 Å². The van der Waals surface area contributed by atoms with Gasteiger partial charge in [0.2, 0.25) is 0 Å².